The molecule has 1 unspecified atom stereocenters. The van der Waals surface area contributed by atoms with Crippen LogP contribution >= 0.6 is 11.3 Å². The van der Waals surface area contributed by atoms with E-state index in [1.54, 1.807) is 11.3 Å². The summed E-state index contributed by atoms with van der Waals surface area (Å²) in [5.41, 5.74) is -0.199. The maximum atomic E-state index is 9.70. The van der Waals surface area contributed by atoms with Crippen molar-refractivity contribution in [3.05, 3.63) is 16.1 Å². The molecular weight excluding hydrogens is 236 g/mol. The molecule has 0 aliphatic rings. The van der Waals surface area contributed by atoms with Gasteiger partial charge in [0, 0.05) is 24.2 Å². The van der Waals surface area contributed by atoms with E-state index in [-0.39, 0.29) is 5.60 Å². The van der Waals surface area contributed by atoms with Crippen LogP contribution in [-0.2, 0) is 11.3 Å². The molecule has 1 aromatic rings. The maximum absolute atomic E-state index is 9.70. The van der Waals surface area contributed by atoms with Gasteiger partial charge in [-0.2, -0.15) is 0 Å². The minimum absolute atomic E-state index is 0.199. The second kappa shape index (κ2) is 6.44. The van der Waals surface area contributed by atoms with Gasteiger partial charge >= 0.3 is 0 Å². The van der Waals surface area contributed by atoms with Gasteiger partial charge in [-0.1, -0.05) is 0 Å². The third kappa shape index (κ3) is 6.73. The number of ether oxygens (including phenoxy) is 1. The minimum atomic E-state index is -0.469. The first-order valence-corrected chi connectivity index (χ1v) is 6.62. The minimum Gasteiger partial charge on any atom is -0.389 e. The molecule has 17 heavy (non-hydrogen) atoms. The molecule has 0 saturated heterocycles. The molecule has 0 aliphatic carbocycles. The predicted octanol–water partition coefficient (Wildman–Crippen LogP) is 1.72. The van der Waals surface area contributed by atoms with E-state index in [1.165, 1.54) is 4.88 Å². The highest BCUT2D eigenvalue weighted by Gasteiger charge is 2.13. The van der Waals surface area contributed by atoms with Crippen molar-refractivity contribution in [1.29, 1.82) is 0 Å². The molecule has 1 rings (SSSR count). The quantitative estimate of drug-likeness (QED) is 0.816. The highest BCUT2D eigenvalue weighted by molar-refractivity contribution is 7.11. The number of rotatable bonds is 6. The van der Waals surface area contributed by atoms with Crippen molar-refractivity contribution >= 4 is 11.3 Å². The van der Waals surface area contributed by atoms with Crippen molar-refractivity contribution in [2.45, 2.75) is 45.9 Å². The topological polar surface area (TPSA) is 54.4 Å². The van der Waals surface area contributed by atoms with Crippen molar-refractivity contribution in [3.63, 3.8) is 0 Å². The van der Waals surface area contributed by atoms with Gasteiger partial charge in [0.05, 0.1) is 23.3 Å². The second-order valence-electron chi connectivity index (χ2n) is 5.05. The summed E-state index contributed by atoms with van der Waals surface area (Å²) in [6.45, 7) is 9.57. The summed E-state index contributed by atoms with van der Waals surface area (Å²) < 4.78 is 5.50. The first kappa shape index (κ1) is 14.6. The van der Waals surface area contributed by atoms with E-state index >= 15 is 0 Å². The fourth-order valence-electron chi connectivity index (χ4n) is 1.25. The van der Waals surface area contributed by atoms with E-state index in [4.69, 9.17) is 4.74 Å². The zero-order valence-corrected chi connectivity index (χ0v) is 11.8. The third-order valence-electron chi connectivity index (χ3n) is 2.06. The summed E-state index contributed by atoms with van der Waals surface area (Å²) >= 11 is 1.67. The van der Waals surface area contributed by atoms with Gasteiger partial charge in [-0.25, -0.2) is 4.98 Å². The lowest BCUT2D eigenvalue weighted by atomic mass is 10.2. The smallest absolute Gasteiger partial charge is 0.0898 e. The Morgan fingerprint density at radius 2 is 2.24 bits per heavy atom. The molecule has 0 radical (unpaired) electrons. The number of nitrogens with zero attached hydrogens (tertiary/aromatic N) is 1. The second-order valence-corrected chi connectivity index (χ2v) is 6.37. The Labute approximate surface area is 107 Å². The number of aliphatic hydroxyl groups is 1. The van der Waals surface area contributed by atoms with Crippen LogP contribution in [0.5, 0.6) is 0 Å². The summed E-state index contributed by atoms with van der Waals surface area (Å²) in [6, 6.07) is 0. The van der Waals surface area contributed by atoms with Gasteiger partial charge in [0.1, 0.15) is 0 Å². The Balaban J connectivity index is 2.14. The lowest BCUT2D eigenvalue weighted by molar-refractivity contribution is -0.0479. The molecule has 0 spiro atoms. The molecule has 1 heterocycles. The van der Waals surface area contributed by atoms with Crippen LogP contribution in [0.2, 0.25) is 0 Å². The van der Waals surface area contributed by atoms with Crippen molar-refractivity contribution < 1.29 is 9.84 Å². The number of hydrogen-bond acceptors (Lipinski definition) is 5. The van der Waals surface area contributed by atoms with Crippen LogP contribution < -0.4 is 5.32 Å². The molecule has 4 nitrogen and oxygen atoms in total. The van der Waals surface area contributed by atoms with E-state index in [1.807, 2.05) is 33.9 Å². The predicted molar refractivity (Wildman–Crippen MR) is 70.3 cm³/mol. The van der Waals surface area contributed by atoms with Crippen molar-refractivity contribution in [3.8, 4) is 0 Å². The van der Waals surface area contributed by atoms with Crippen molar-refractivity contribution in [2.24, 2.45) is 0 Å². The summed E-state index contributed by atoms with van der Waals surface area (Å²) in [5.74, 6) is 0. The molecular formula is C12H22N2O2S. The van der Waals surface area contributed by atoms with Crippen molar-refractivity contribution in [1.82, 2.24) is 10.3 Å². The maximum Gasteiger partial charge on any atom is 0.0898 e. The zero-order chi connectivity index (χ0) is 12.9. The fraction of sp³-hybridized carbons (Fsp3) is 0.750. The van der Waals surface area contributed by atoms with Gasteiger partial charge in [0.15, 0.2) is 0 Å². The van der Waals surface area contributed by atoms with Gasteiger partial charge in [-0.05, 0) is 27.7 Å². The van der Waals surface area contributed by atoms with Crippen LogP contribution in [0.15, 0.2) is 6.20 Å². The first-order chi connectivity index (χ1) is 7.87. The Bertz CT molecular complexity index is 333. The Kier molecular flexibility index (Phi) is 5.52. The number of aromatic nitrogens is 1. The van der Waals surface area contributed by atoms with Gasteiger partial charge < -0.3 is 15.2 Å². The summed E-state index contributed by atoms with van der Waals surface area (Å²) in [4.78, 5) is 5.36. The highest BCUT2D eigenvalue weighted by Crippen LogP contribution is 2.10. The normalized spacial score (nSPS) is 13.9. The molecule has 2 N–H and O–H groups in total. The Hall–Kier alpha value is -0.490. The van der Waals surface area contributed by atoms with Crippen LogP contribution in [0.3, 0.4) is 0 Å². The molecule has 0 fully saturated rings. The van der Waals surface area contributed by atoms with Gasteiger partial charge in [-0.3, -0.25) is 0 Å². The number of hydrogen-bond donors (Lipinski definition) is 2. The SMILES string of the molecule is Cc1ncc(CNCC(O)COC(C)(C)C)s1. The number of nitrogens with one attached hydrogen (secondary N) is 1. The van der Waals surface area contributed by atoms with Crippen LogP contribution in [0.25, 0.3) is 0 Å². The average molecular weight is 258 g/mol. The van der Waals surface area contributed by atoms with E-state index in [9.17, 15) is 5.11 Å². The molecule has 1 atom stereocenters. The number of thiazole rings is 1. The average Bonchev–Trinajstić information content (AvgIpc) is 2.60. The van der Waals surface area contributed by atoms with Crippen LogP contribution in [0, 0.1) is 6.92 Å². The van der Waals surface area contributed by atoms with Crippen LogP contribution in [0.4, 0.5) is 0 Å². The molecule has 0 aromatic carbocycles. The number of aryl methyl sites for hydroxylation is 1. The van der Waals surface area contributed by atoms with Gasteiger partial charge in [0.25, 0.3) is 0 Å². The van der Waals surface area contributed by atoms with Crippen molar-refractivity contribution in [2.75, 3.05) is 13.2 Å². The van der Waals surface area contributed by atoms with Gasteiger partial charge in [0.2, 0.25) is 0 Å². The molecule has 0 saturated carbocycles. The van der Waals surface area contributed by atoms with Gasteiger partial charge in [-0.15, -0.1) is 11.3 Å². The van der Waals surface area contributed by atoms with E-state index in [0.717, 1.165) is 11.6 Å². The molecule has 0 bridgehead atoms. The van der Waals surface area contributed by atoms with E-state index < -0.39 is 6.10 Å². The van der Waals surface area contributed by atoms with E-state index in [2.05, 4.69) is 10.3 Å². The number of aliphatic hydroxyl groups excluding tert-OH is 1. The molecule has 0 aliphatic heterocycles. The zero-order valence-electron chi connectivity index (χ0n) is 11.0. The molecule has 5 heteroatoms. The Morgan fingerprint density at radius 1 is 1.53 bits per heavy atom. The third-order valence-corrected chi connectivity index (χ3v) is 2.97. The summed E-state index contributed by atoms with van der Waals surface area (Å²) in [7, 11) is 0. The van der Waals surface area contributed by atoms with Crippen LogP contribution in [0.1, 0.15) is 30.7 Å². The molecule has 98 valence electrons. The lowest BCUT2D eigenvalue weighted by Crippen LogP contribution is -2.33. The summed E-state index contributed by atoms with van der Waals surface area (Å²) in [6.07, 6.45) is 1.40. The molecule has 0 amide bonds. The monoisotopic (exact) mass is 258 g/mol. The Morgan fingerprint density at radius 3 is 2.76 bits per heavy atom. The summed E-state index contributed by atoms with van der Waals surface area (Å²) in [5, 5.41) is 14.0. The highest BCUT2D eigenvalue weighted by atomic mass is 32.1. The van der Waals surface area contributed by atoms with E-state index in [0.29, 0.717) is 13.2 Å². The van der Waals surface area contributed by atoms with Crippen LogP contribution in [-0.4, -0.2) is 34.9 Å². The fourth-order valence-corrected chi connectivity index (χ4v) is 2.02. The first-order valence-electron chi connectivity index (χ1n) is 5.81. The standard InChI is InChI=1S/C12H22N2O2S/c1-9-14-7-11(17-9)6-13-5-10(15)8-16-12(2,3)4/h7,10,13,15H,5-6,8H2,1-4H3. The lowest BCUT2D eigenvalue weighted by Gasteiger charge is -2.22. The largest absolute Gasteiger partial charge is 0.389 e. The molecule has 1 aromatic heterocycles.